The number of ether oxygens (including phenoxy) is 1. The predicted molar refractivity (Wildman–Crippen MR) is 119 cm³/mol. The molecule has 2 amide bonds. The second-order valence-corrected chi connectivity index (χ2v) is 8.37. The van der Waals surface area contributed by atoms with E-state index in [0.29, 0.717) is 6.07 Å². The molecule has 4 rings (SSSR count). The van der Waals surface area contributed by atoms with E-state index in [1.807, 2.05) is 0 Å². The first-order valence-corrected chi connectivity index (χ1v) is 10.7. The Morgan fingerprint density at radius 3 is 2.72 bits per heavy atom. The summed E-state index contributed by atoms with van der Waals surface area (Å²) in [7, 11) is 0. The standard InChI is InChI=1S/C22H21F4N7O3/c1-22(19(34)30-11-4-5-11)15-16(28)31-17(32-18(15)33-20(22)35)13(27)7-14(36-21(25)26)29-8-9-2-3-10(23)6-12(9)24/h2-3,6-7,11,21,27,29H,4-5,8H2,1H3,(H,30,34)(H3,28,31,32,33,35)/b14-7+,27-13?. The van der Waals surface area contributed by atoms with Crippen LogP contribution in [0.4, 0.5) is 29.2 Å². The van der Waals surface area contributed by atoms with Crippen molar-refractivity contribution in [2.45, 2.75) is 44.4 Å². The van der Waals surface area contributed by atoms with E-state index in [2.05, 4.69) is 30.7 Å². The summed E-state index contributed by atoms with van der Waals surface area (Å²) in [5.74, 6) is -4.29. The fourth-order valence-corrected chi connectivity index (χ4v) is 3.57. The minimum Gasteiger partial charge on any atom is -0.419 e. The molecule has 1 unspecified atom stereocenters. The highest BCUT2D eigenvalue weighted by atomic mass is 19.3. The molecule has 1 aromatic carbocycles. The third-order valence-electron chi connectivity index (χ3n) is 5.69. The number of anilines is 2. The van der Waals surface area contributed by atoms with Gasteiger partial charge in [-0.3, -0.25) is 15.0 Å². The van der Waals surface area contributed by atoms with Crippen LogP contribution in [0.15, 0.2) is 30.2 Å². The lowest BCUT2D eigenvalue weighted by molar-refractivity contribution is -0.133. The Hall–Kier alpha value is -4.23. The highest BCUT2D eigenvalue weighted by molar-refractivity contribution is 6.21. The second-order valence-electron chi connectivity index (χ2n) is 8.37. The van der Waals surface area contributed by atoms with Crippen LogP contribution in [0.2, 0.25) is 0 Å². The van der Waals surface area contributed by atoms with Gasteiger partial charge in [0.05, 0.1) is 5.56 Å². The van der Waals surface area contributed by atoms with Crippen LogP contribution in [0.5, 0.6) is 0 Å². The molecular weight excluding hydrogens is 486 g/mol. The number of benzene rings is 1. The molecule has 2 heterocycles. The number of allylic oxidation sites excluding steroid dienone is 1. The summed E-state index contributed by atoms with van der Waals surface area (Å²) in [6.07, 6.45) is 2.41. The maximum Gasteiger partial charge on any atom is 0.388 e. The van der Waals surface area contributed by atoms with Gasteiger partial charge in [-0.25, -0.2) is 18.7 Å². The summed E-state index contributed by atoms with van der Waals surface area (Å²) in [6.45, 7) is -2.27. The molecule has 36 heavy (non-hydrogen) atoms. The van der Waals surface area contributed by atoms with E-state index in [1.54, 1.807) is 0 Å². The van der Waals surface area contributed by atoms with Crippen LogP contribution in [-0.4, -0.2) is 40.1 Å². The zero-order valence-electron chi connectivity index (χ0n) is 18.8. The van der Waals surface area contributed by atoms with Crippen molar-refractivity contribution in [1.82, 2.24) is 20.6 Å². The Morgan fingerprint density at radius 1 is 1.36 bits per heavy atom. The number of nitrogens with zero attached hydrogens (tertiary/aromatic N) is 2. The molecular formula is C22H21F4N7O3. The van der Waals surface area contributed by atoms with Crippen molar-refractivity contribution in [1.29, 1.82) is 5.41 Å². The van der Waals surface area contributed by atoms with Crippen LogP contribution in [0, 0.1) is 17.0 Å². The lowest BCUT2D eigenvalue weighted by atomic mass is 9.83. The van der Waals surface area contributed by atoms with Crippen molar-refractivity contribution < 1.29 is 31.9 Å². The summed E-state index contributed by atoms with van der Waals surface area (Å²) >= 11 is 0. The molecule has 14 heteroatoms. The van der Waals surface area contributed by atoms with E-state index in [9.17, 15) is 27.2 Å². The zero-order valence-corrected chi connectivity index (χ0v) is 18.8. The van der Waals surface area contributed by atoms with E-state index >= 15 is 0 Å². The van der Waals surface area contributed by atoms with E-state index in [4.69, 9.17) is 11.1 Å². The van der Waals surface area contributed by atoms with Crippen LogP contribution in [-0.2, 0) is 26.3 Å². The average molecular weight is 507 g/mol. The van der Waals surface area contributed by atoms with Crippen molar-refractivity contribution in [3.63, 3.8) is 0 Å². The molecule has 10 nitrogen and oxygen atoms in total. The van der Waals surface area contributed by atoms with Crippen LogP contribution < -0.4 is 21.7 Å². The SMILES string of the molecule is CC1(C(=O)NC2CC2)C(=O)Nc2nc(C(=N)/C=C(\NCc3ccc(F)cc3F)OC(F)F)nc(N)c21. The number of halogens is 4. The molecule has 1 aliphatic carbocycles. The summed E-state index contributed by atoms with van der Waals surface area (Å²) in [5, 5.41) is 15.8. The Balaban J connectivity index is 1.58. The molecule has 0 radical (unpaired) electrons. The van der Waals surface area contributed by atoms with E-state index < -0.39 is 47.1 Å². The molecule has 0 bridgehead atoms. The molecule has 1 saturated carbocycles. The number of fused-ring (bicyclic) bond motifs is 1. The number of nitrogen functional groups attached to an aromatic ring is 1. The van der Waals surface area contributed by atoms with Crippen molar-refractivity contribution >= 4 is 29.2 Å². The lowest BCUT2D eigenvalue weighted by Gasteiger charge is -2.21. The summed E-state index contributed by atoms with van der Waals surface area (Å²) in [6, 6.07) is 2.72. The van der Waals surface area contributed by atoms with E-state index in [0.717, 1.165) is 31.1 Å². The van der Waals surface area contributed by atoms with Crippen LogP contribution >= 0.6 is 0 Å². The molecule has 1 aromatic heterocycles. The maximum absolute atomic E-state index is 13.9. The van der Waals surface area contributed by atoms with Gasteiger partial charge in [-0.05, 0) is 25.8 Å². The summed E-state index contributed by atoms with van der Waals surface area (Å²) < 4.78 is 57.1. The molecule has 1 atom stereocenters. The number of carbonyl (C=O) groups is 2. The predicted octanol–water partition coefficient (Wildman–Crippen LogP) is 2.06. The number of alkyl halides is 2. The number of carbonyl (C=O) groups excluding carboxylic acids is 2. The smallest absolute Gasteiger partial charge is 0.388 e. The van der Waals surface area contributed by atoms with Crippen LogP contribution in [0.3, 0.4) is 0 Å². The number of amides is 2. The highest BCUT2D eigenvalue weighted by Crippen LogP contribution is 2.40. The second kappa shape index (κ2) is 9.43. The molecule has 2 aliphatic rings. The third kappa shape index (κ3) is 4.92. The highest BCUT2D eigenvalue weighted by Gasteiger charge is 2.52. The normalized spacial score (nSPS) is 19.1. The number of aromatic nitrogens is 2. The third-order valence-corrected chi connectivity index (χ3v) is 5.69. The fourth-order valence-electron chi connectivity index (χ4n) is 3.57. The van der Waals surface area contributed by atoms with Crippen molar-refractivity contribution in [2.75, 3.05) is 11.1 Å². The Bertz CT molecular complexity index is 1280. The Kier molecular flexibility index (Phi) is 6.52. The molecule has 1 fully saturated rings. The van der Waals surface area contributed by atoms with Gasteiger partial charge in [0.15, 0.2) is 17.1 Å². The van der Waals surface area contributed by atoms with Crippen LogP contribution in [0.25, 0.3) is 0 Å². The molecule has 6 N–H and O–H groups in total. The van der Waals surface area contributed by atoms with Gasteiger partial charge in [0.1, 0.15) is 29.0 Å². The lowest BCUT2D eigenvalue weighted by Crippen LogP contribution is -2.48. The van der Waals surface area contributed by atoms with E-state index in [-0.39, 0.29) is 41.2 Å². The number of nitrogens with one attached hydrogen (secondary N) is 4. The quantitative estimate of drug-likeness (QED) is 0.151. The van der Waals surface area contributed by atoms with Gasteiger partial charge in [0.25, 0.3) is 0 Å². The van der Waals surface area contributed by atoms with Gasteiger partial charge in [0, 0.05) is 30.3 Å². The molecule has 0 spiro atoms. The van der Waals surface area contributed by atoms with E-state index in [1.165, 1.54) is 6.92 Å². The molecule has 2 aromatic rings. The largest absolute Gasteiger partial charge is 0.419 e. The monoisotopic (exact) mass is 507 g/mol. The fraction of sp³-hybridized carbons (Fsp3) is 0.318. The first kappa shape index (κ1) is 24.9. The minimum atomic E-state index is -3.29. The average Bonchev–Trinajstić information content (AvgIpc) is 3.56. The van der Waals surface area contributed by atoms with Gasteiger partial charge in [0.2, 0.25) is 11.8 Å². The number of rotatable bonds is 9. The molecule has 0 saturated heterocycles. The first-order chi connectivity index (χ1) is 17.0. The zero-order chi connectivity index (χ0) is 26.2. The summed E-state index contributed by atoms with van der Waals surface area (Å²) in [4.78, 5) is 33.5. The molecule has 1 aliphatic heterocycles. The van der Waals surface area contributed by atoms with Crippen molar-refractivity contribution in [2.24, 2.45) is 0 Å². The molecule has 190 valence electrons. The van der Waals surface area contributed by atoms with Crippen molar-refractivity contribution in [3.8, 4) is 0 Å². The number of hydrogen-bond donors (Lipinski definition) is 5. The topological polar surface area (TPSA) is 155 Å². The van der Waals surface area contributed by atoms with Crippen molar-refractivity contribution in [3.05, 3.63) is 58.7 Å². The van der Waals surface area contributed by atoms with Crippen LogP contribution in [0.1, 0.15) is 36.7 Å². The number of nitrogens with two attached hydrogens (primary N) is 1. The van der Waals surface area contributed by atoms with Gasteiger partial charge in [-0.1, -0.05) is 6.07 Å². The van der Waals surface area contributed by atoms with Gasteiger partial charge in [-0.15, -0.1) is 0 Å². The number of hydrogen-bond acceptors (Lipinski definition) is 8. The Morgan fingerprint density at radius 2 is 2.08 bits per heavy atom. The minimum absolute atomic E-state index is 0.0185. The maximum atomic E-state index is 13.9. The summed E-state index contributed by atoms with van der Waals surface area (Å²) in [5.41, 5.74) is 3.79. The first-order valence-electron chi connectivity index (χ1n) is 10.7. The van der Waals surface area contributed by atoms with Gasteiger partial charge in [-0.2, -0.15) is 8.78 Å². The van der Waals surface area contributed by atoms with Gasteiger partial charge < -0.3 is 26.4 Å². The Labute approximate surface area is 201 Å². The van der Waals surface area contributed by atoms with Gasteiger partial charge >= 0.3 is 6.61 Å².